The number of rotatable bonds is 6. The summed E-state index contributed by atoms with van der Waals surface area (Å²) in [7, 11) is 0. The van der Waals surface area contributed by atoms with Gasteiger partial charge in [0.25, 0.3) is 0 Å². The number of hydrogen-bond donors (Lipinski definition) is 2. The van der Waals surface area contributed by atoms with Crippen molar-refractivity contribution in [3.63, 3.8) is 0 Å². The van der Waals surface area contributed by atoms with Crippen LogP contribution in [0.2, 0.25) is 0 Å². The summed E-state index contributed by atoms with van der Waals surface area (Å²) in [5.74, 6) is 1.71. The molecule has 2 N–H and O–H groups in total. The predicted molar refractivity (Wildman–Crippen MR) is 86.4 cm³/mol. The summed E-state index contributed by atoms with van der Waals surface area (Å²) in [4.78, 5) is 16.5. The lowest BCUT2D eigenvalue weighted by molar-refractivity contribution is -0.126. The average molecular weight is 334 g/mol. The van der Waals surface area contributed by atoms with Crippen LogP contribution in [0.25, 0.3) is 0 Å². The molecule has 24 heavy (non-hydrogen) atoms. The second-order valence-electron chi connectivity index (χ2n) is 7.32. The Morgan fingerprint density at radius 1 is 1.38 bits per heavy atom. The topological polar surface area (TPSA) is 89.3 Å². The predicted octanol–water partition coefficient (Wildman–Crippen LogP) is 2.48. The number of amides is 2. The van der Waals surface area contributed by atoms with E-state index in [1.54, 1.807) is 0 Å². The van der Waals surface area contributed by atoms with Crippen molar-refractivity contribution in [2.75, 3.05) is 6.61 Å². The number of urea groups is 1. The van der Waals surface area contributed by atoms with E-state index in [4.69, 9.17) is 9.26 Å². The summed E-state index contributed by atoms with van der Waals surface area (Å²) in [5, 5.41) is 9.92. The Bertz CT molecular complexity index is 592. The van der Waals surface area contributed by atoms with Crippen molar-refractivity contribution in [2.24, 2.45) is 5.41 Å². The molecule has 1 aromatic heterocycles. The fraction of sp³-hybridized carbons (Fsp3) is 0.824. The zero-order valence-corrected chi connectivity index (χ0v) is 14.2. The Morgan fingerprint density at radius 2 is 2.17 bits per heavy atom. The molecule has 3 fully saturated rings. The van der Waals surface area contributed by atoms with E-state index in [1.807, 2.05) is 6.92 Å². The van der Waals surface area contributed by atoms with Gasteiger partial charge in [-0.1, -0.05) is 18.0 Å². The molecule has 3 aliphatic carbocycles. The van der Waals surface area contributed by atoms with Crippen LogP contribution in [0.1, 0.15) is 69.5 Å². The first-order valence-corrected chi connectivity index (χ1v) is 9.20. The maximum absolute atomic E-state index is 12.2. The molecule has 2 amide bonds. The quantitative estimate of drug-likeness (QED) is 0.834. The molecule has 132 valence electrons. The molecule has 2 atom stereocenters. The van der Waals surface area contributed by atoms with Crippen LogP contribution >= 0.6 is 0 Å². The molecule has 1 spiro atoms. The highest BCUT2D eigenvalue weighted by Crippen LogP contribution is 2.54. The van der Waals surface area contributed by atoms with Gasteiger partial charge >= 0.3 is 6.03 Å². The largest absolute Gasteiger partial charge is 0.378 e. The molecular formula is C17H26N4O3. The standard InChI is InChI=1S/C17H26N4O3/c1-2-23-13-9-12(17(13)7-3-4-8-17)19-16(22)18-10-14-20-15(21-24-14)11-5-6-11/h11-13H,2-10H2,1H3,(H2,18,19,22). The summed E-state index contributed by atoms with van der Waals surface area (Å²) in [6.45, 7) is 3.06. The van der Waals surface area contributed by atoms with Crippen LogP contribution in [0.15, 0.2) is 4.52 Å². The maximum atomic E-state index is 12.2. The number of nitrogens with one attached hydrogen (secondary N) is 2. The van der Waals surface area contributed by atoms with Gasteiger partial charge in [-0.05, 0) is 39.0 Å². The van der Waals surface area contributed by atoms with Crippen molar-refractivity contribution in [1.82, 2.24) is 20.8 Å². The van der Waals surface area contributed by atoms with Gasteiger partial charge in [-0.3, -0.25) is 0 Å². The number of hydrogen-bond acceptors (Lipinski definition) is 5. The van der Waals surface area contributed by atoms with Gasteiger partial charge in [-0.2, -0.15) is 4.98 Å². The van der Waals surface area contributed by atoms with E-state index in [1.165, 1.54) is 12.8 Å². The van der Waals surface area contributed by atoms with Crippen LogP contribution in [-0.2, 0) is 11.3 Å². The van der Waals surface area contributed by atoms with Crippen molar-refractivity contribution in [3.05, 3.63) is 11.7 Å². The van der Waals surface area contributed by atoms with Gasteiger partial charge in [0.15, 0.2) is 5.82 Å². The first kappa shape index (κ1) is 15.9. The van der Waals surface area contributed by atoms with E-state index < -0.39 is 0 Å². The first-order valence-electron chi connectivity index (χ1n) is 9.20. The third-order valence-corrected chi connectivity index (χ3v) is 5.82. The zero-order valence-electron chi connectivity index (χ0n) is 14.2. The minimum Gasteiger partial charge on any atom is -0.378 e. The smallest absolute Gasteiger partial charge is 0.315 e. The number of nitrogens with zero attached hydrogens (tertiary/aromatic N) is 2. The second kappa shape index (κ2) is 6.35. The highest BCUT2D eigenvalue weighted by atomic mass is 16.5. The van der Waals surface area contributed by atoms with E-state index in [9.17, 15) is 4.79 Å². The molecule has 1 aromatic rings. The van der Waals surface area contributed by atoms with E-state index in [0.29, 0.717) is 17.9 Å². The van der Waals surface area contributed by atoms with E-state index >= 15 is 0 Å². The van der Waals surface area contributed by atoms with E-state index in [-0.39, 0.29) is 24.0 Å². The number of carbonyl (C=O) groups excluding carboxylic acids is 1. The molecule has 3 aliphatic rings. The van der Waals surface area contributed by atoms with Gasteiger partial charge < -0.3 is 19.9 Å². The average Bonchev–Trinajstić information content (AvgIpc) is 3.11. The number of carbonyl (C=O) groups is 1. The van der Waals surface area contributed by atoms with Crippen LogP contribution in [0.5, 0.6) is 0 Å². The molecule has 3 saturated carbocycles. The molecule has 0 saturated heterocycles. The van der Waals surface area contributed by atoms with Crippen LogP contribution in [-0.4, -0.2) is 34.9 Å². The molecule has 2 unspecified atom stereocenters. The fourth-order valence-electron chi connectivity index (χ4n) is 4.30. The number of aromatic nitrogens is 2. The van der Waals surface area contributed by atoms with E-state index in [0.717, 1.165) is 44.5 Å². The van der Waals surface area contributed by atoms with Crippen molar-refractivity contribution >= 4 is 6.03 Å². The van der Waals surface area contributed by atoms with Gasteiger partial charge in [-0.25, -0.2) is 4.79 Å². The van der Waals surface area contributed by atoms with Crippen LogP contribution in [0.4, 0.5) is 4.79 Å². The Labute approximate surface area is 141 Å². The summed E-state index contributed by atoms with van der Waals surface area (Å²) >= 11 is 0. The molecular weight excluding hydrogens is 308 g/mol. The third-order valence-electron chi connectivity index (χ3n) is 5.82. The van der Waals surface area contributed by atoms with Crippen molar-refractivity contribution in [1.29, 1.82) is 0 Å². The molecule has 0 radical (unpaired) electrons. The van der Waals surface area contributed by atoms with Crippen molar-refractivity contribution in [2.45, 2.75) is 76.5 Å². The normalized spacial score (nSPS) is 27.9. The molecule has 1 heterocycles. The van der Waals surface area contributed by atoms with Crippen molar-refractivity contribution < 1.29 is 14.1 Å². The molecule has 7 nitrogen and oxygen atoms in total. The summed E-state index contributed by atoms with van der Waals surface area (Å²) in [6.07, 6.45) is 8.24. The van der Waals surface area contributed by atoms with E-state index in [2.05, 4.69) is 20.8 Å². The lowest BCUT2D eigenvalue weighted by atomic mass is 9.60. The zero-order chi connectivity index (χ0) is 16.6. The monoisotopic (exact) mass is 334 g/mol. The molecule has 7 heteroatoms. The van der Waals surface area contributed by atoms with Crippen LogP contribution < -0.4 is 10.6 Å². The van der Waals surface area contributed by atoms with Gasteiger partial charge in [0.2, 0.25) is 5.89 Å². The Balaban J connectivity index is 1.27. The Kier molecular flexibility index (Phi) is 4.20. The van der Waals surface area contributed by atoms with Gasteiger partial charge in [0.1, 0.15) is 0 Å². The fourth-order valence-corrected chi connectivity index (χ4v) is 4.30. The second-order valence-corrected chi connectivity index (χ2v) is 7.32. The summed E-state index contributed by atoms with van der Waals surface area (Å²) in [5.41, 5.74) is 0.150. The molecule has 0 aromatic carbocycles. The minimum absolute atomic E-state index is 0.150. The SMILES string of the molecule is CCOC1CC(NC(=O)NCc2nc(C3CC3)no2)C12CCCC2. The Morgan fingerprint density at radius 3 is 2.88 bits per heavy atom. The highest BCUT2D eigenvalue weighted by molar-refractivity contribution is 5.74. The van der Waals surface area contributed by atoms with Gasteiger partial charge in [-0.15, -0.1) is 0 Å². The first-order chi connectivity index (χ1) is 11.7. The lowest BCUT2D eigenvalue weighted by Gasteiger charge is -2.53. The summed E-state index contributed by atoms with van der Waals surface area (Å²) in [6, 6.07) is 0.0497. The van der Waals surface area contributed by atoms with Crippen molar-refractivity contribution in [3.8, 4) is 0 Å². The maximum Gasteiger partial charge on any atom is 0.315 e. The lowest BCUT2D eigenvalue weighted by Crippen LogP contribution is -2.64. The number of ether oxygens (including phenoxy) is 1. The Hall–Kier alpha value is -1.63. The molecule has 0 aliphatic heterocycles. The molecule has 4 rings (SSSR count). The van der Waals surface area contributed by atoms with Crippen LogP contribution in [0.3, 0.4) is 0 Å². The van der Waals surface area contributed by atoms with Crippen LogP contribution in [0, 0.1) is 5.41 Å². The van der Waals surface area contributed by atoms with Gasteiger partial charge in [0.05, 0.1) is 12.6 Å². The third kappa shape index (κ3) is 2.90. The molecule has 0 bridgehead atoms. The minimum atomic E-state index is -0.160. The summed E-state index contributed by atoms with van der Waals surface area (Å²) < 4.78 is 11.1. The van der Waals surface area contributed by atoms with Gasteiger partial charge in [0, 0.05) is 24.0 Å². The highest BCUT2D eigenvalue weighted by Gasteiger charge is 2.57.